The third-order valence-corrected chi connectivity index (χ3v) is 14.7. The Kier molecular flexibility index (Phi) is 8.26. The molecule has 68 heavy (non-hydrogen) atoms. The maximum absolute atomic E-state index is 11.3. The van der Waals surface area contributed by atoms with E-state index in [0.29, 0.717) is 22.5 Å². The summed E-state index contributed by atoms with van der Waals surface area (Å²) in [4.78, 5) is 4.74. The van der Waals surface area contributed by atoms with E-state index in [1.54, 1.807) is 0 Å². The van der Waals surface area contributed by atoms with Crippen molar-refractivity contribution in [3.63, 3.8) is 0 Å². The van der Waals surface area contributed by atoms with Gasteiger partial charge in [-0.1, -0.05) is 146 Å². The third kappa shape index (κ3) is 5.49. The quantitative estimate of drug-likeness (QED) is 0.172. The molecule has 0 saturated carbocycles. The second kappa shape index (κ2) is 14.7. The van der Waals surface area contributed by atoms with Crippen LogP contribution in [0.3, 0.4) is 0 Å². The lowest BCUT2D eigenvalue weighted by Gasteiger charge is -2.31. The van der Waals surface area contributed by atoms with E-state index in [1.165, 1.54) is 11.3 Å². The molecular formula is C62H39N5O. The average Bonchev–Trinajstić information content (AvgIpc) is 4.14. The zero-order chi connectivity index (χ0) is 45.0. The summed E-state index contributed by atoms with van der Waals surface area (Å²) in [6.07, 6.45) is 13.4. The highest BCUT2D eigenvalue weighted by Gasteiger charge is 2.46. The summed E-state index contributed by atoms with van der Waals surface area (Å²) < 4.78 is 9.01. The molecule has 4 unspecified atom stereocenters. The Labute approximate surface area is 393 Å². The van der Waals surface area contributed by atoms with Gasteiger partial charge in [-0.3, -0.25) is 0 Å². The largest absolute Gasteiger partial charge is 0.460 e. The van der Waals surface area contributed by atoms with Crippen LogP contribution >= 0.6 is 0 Å². The Balaban J connectivity index is 0.962. The van der Waals surface area contributed by atoms with Crippen LogP contribution in [0, 0.1) is 22.7 Å². The first kappa shape index (κ1) is 38.2. The number of anilines is 4. The summed E-state index contributed by atoms with van der Waals surface area (Å²) in [5, 5.41) is 25.7. The molecule has 14 rings (SSSR count). The molecule has 4 aliphatic rings. The fourth-order valence-corrected chi connectivity index (χ4v) is 11.8. The molecule has 2 aliphatic carbocycles. The highest BCUT2D eigenvalue weighted by atomic mass is 16.3. The Hall–Kier alpha value is -9.10. The molecule has 2 aromatic heterocycles. The van der Waals surface area contributed by atoms with E-state index in [2.05, 4.69) is 202 Å². The number of nitriles is 2. The van der Waals surface area contributed by atoms with Crippen LogP contribution < -0.4 is 9.80 Å². The van der Waals surface area contributed by atoms with Crippen molar-refractivity contribution in [2.24, 2.45) is 0 Å². The zero-order valence-electron chi connectivity index (χ0n) is 36.7. The Morgan fingerprint density at radius 1 is 0.456 bits per heavy atom. The van der Waals surface area contributed by atoms with E-state index in [0.717, 1.165) is 83.3 Å². The molecule has 0 radical (unpaired) electrons. The molecule has 0 amide bonds. The van der Waals surface area contributed by atoms with Crippen molar-refractivity contribution in [3.8, 4) is 40.1 Å². The SMILES string of the molecule is N#Cc1cc(-n2c3ccc(-c4ccccc4)cc3c3cc(-c4ccccc4)ccc32)c(C#N)cc1N1c2ccc(N3c4ccccc4C4C=CC=CC43)cc2C2c3oc4ccccc4c3C=CC21. The number of aromatic nitrogens is 1. The van der Waals surface area contributed by atoms with Crippen LogP contribution in [-0.4, -0.2) is 16.7 Å². The molecular weight excluding hydrogens is 831 g/mol. The van der Waals surface area contributed by atoms with Crippen LogP contribution in [0.15, 0.2) is 211 Å². The molecule has 0 spiro atoms. The molecule has 0 fully saturated rings. The van der Waals surface area contributed by atoms with Gasteiger partial charge in [-0.2, -0.15) is 10.5 Å². The minimum atomic E-state index is -0.227. The summed E-state index contributed by atoms with van der Waals surface area (Å²) in [5.41, 5.74) is 16.3. The summed E-state index contributed by atoms with van der Waals surface area (Å²) in [6, 6.07) is 66.7. The minimum absolute atomic E-state index is 0.142. The summed E-state index contributed by atoms with van der Waals surface area (Å²) >= 11 is 0. The van der Waals surface area contributed by atoms with Gasteiger partial charge in [0.25, 0.3) is 0 Å². The second-order valence-corrected chi connectivity index (χ2v) is 18.2. The topological polar surface area (TPSA) is 72.1 Å². The normalized spacial score (nSPS) is 18.3. The van der Waals surface area contributed by atoms with Gasteiger partial charge in [-0.15, -0.1) is 0 Å². The van der Waals surface area contributed by atoms with Crippen LogP contribution in [0.4, 0.5) is 22.7 Å². The van der Waals surface area contributed by atoms with Crippen LogP contribution in [0.25, 0.3) is 66.8 Å². The number of nitrogens with zero attached hydrogens (tertiary/aromatic N) is 5. The molecule has 318 valence electrons. The van der Waals surface area contributed by atoms with Gasteiger partial charge >= 0.3 is 0 Å². The van der Waals surface area contributed by atoms with Crippen molar-refractivity contribution in [1.82, 2.24) is 4.57 Å². The molecule has 4 atom stereocenters. The maximum Gasteiger partial charge on any atom is 0.134 e. The first-order valence-electron chi connectivity index (χ1n) is 23.2. The molecule has 6 heteroatoms. The fraction of sp³-hybridized carbons (Fsp3) is 0.0645. The van der Waals surface area contributed by atoms with Gasteiger partial charge in [-0.05, 0) is 100 Å². The zero-order valence-corrected chi connectivity index (χ0v) is 36.7. The van der Waals surface area contributed by atoms with Gasteiger partial charge < -0.3 is 18.8 Å². The second-order valence-electron chi connectivity index (χ2n) is 18.2. The van der Waals surface area contributed by atoms with E-state index in [1.807, 2.05) is 36.4 Å². The van der Waals surface area contributed by atoms with Crippen LogP contribution in [0.5, 0.6) is 0 Å². The lowest BCUT2D eigenvalue weighted by atomic mass is 9.85. The van der Waals surface area contributed by atoms with E-state index in [4.69, 9.17) is 4.42 Å². The Morgan fingerprint density at radius 2 is 1.09 bits per heavy atom. The highest BCUT2D eigenvalue weighted by molar-refractivity contribution is 6.12. The van der Waals surface area contributed by atoms with Crippen molar-refractivity contribution < 1.29 is 4.42 Å². The van der Waals surface area contributed by atoms with Crippen LogP contribution in [-0.2, 0) is 0 Å². The molecule has 0 saturated heterocycles. The third-order valence-electron chi connectivity index (χ3n) is 14.7. The first-order chi connectivity index (χ1) is 33.6. The van der Waals surface area contributed by atoms with E-state index in [9.17, 15) is 10.5 Å². The number of fused-ring (bicyclic) bond motifs is 13. The lowest BCUT2D eigenvalue weighted by molar-refractivity contribution is 0.505. The predicted molar refractivity (Wildman–Crippen MR) is 274 cm³/mol. The summed E-state index contributed by atoms with van der Waals surface area (Å²) in [7, 11) is 0. The standard InChI is InChI=1S/C62H39N5O/c63-36-42-34-59(43(37-64)33-58(42)66-54-27-23-40(38-13-3-1-4-14-38)31-49(54)50-32-41(24-28-55(50)66)39-15-5-2-6-16-39)67-56-29-25-44(65-52-20-10-7-17-45(52)46-18-8-11-21-53(46)65)35-51(56)61-57(67)30-26-48-47-19-9-12-22-60(47)68-62(48)61/h1-35,45,52,57,61H. The van der Waals surface area contributed by atoms with Gasteiger partial charge in [0.2, 0.25) is 0 Å². The van der Waals surface area contributed by atoms with Gasteiger partial charge in [0, 0.05) is 44.7 Å². The predicted octanol–water partition coefficient (Wildman–Crippen LogP) is 15.0. The maximum atomic E-state index is 11.3. The van der Waals surface area contributed by atoms with Gasteiger partial charge in [-0.25, -0.2) is 0 Å². The Bertz CT molecular complexity index is 3840. The molecule has 6 nitrogen and oxygen atoms in total. The fourth-order valence-electron chi connectivity index (χ4n) is 11.8. The Morgan fingerprint density at radius 3 is 1.82 bits per heavy atom. The lowest BCUT2D eigenvalue weighted by Crippen LogP contribution is -2.31. The number of hydrogen-bond acceptors (Lipinski definition) is 5. The summed E-state index contributed by atoms with van der Waals surface area (Å²) in [6.45, 7) is 0. The molecule has 4 heterocycles. The number of allylic oxidation sites excluding steroid dienone is 2. The van der Waals surface area contributed by atoms with E-state index < -0.39 is 0 Å². The first-order valence-corrected chi connectivity index (χ1v) is 23.2. The molecule has 2 aliphatic heterocycles. The molecule has 0 bridgehead atoms. The minimum Gasteiger partial charge on any atom is -0.460 e. The van der Waals surface area contributed by atoms with Crippen LogP contribution in [0.1, 0.15) is 45.4 Å². The monoisotopic (exact) mass is 869 g/mol. The van der Waals surface area contributed by atoms with E-state index in [-0.39, 0.29) is 23.9 Å². The smallest absolute Gasteiger partial charge is 0.134 e. The van der Waals surface area contributed by atoms with Crippen molar-refractivity contribution in [1.29, 1.82) is 10.5 Å². The van der Waals surface area contributed by atoms with Crippen molar-refractivity contribution in [2.75, 3.05) is 9.80 Å². The van der Waals surface area contributed by atoms with E-state index >= 15 is 0 Å². The molecule has 0 N–H and O–H groups in total. The number of para-hydroxylation sites is 2. The van der Waals surface area contributed by atoms with Crippen LogP contribution in [0.2, 0.25) is 0 Å². The van der Waals surface area contributed by atoms with Crippen molar-refractivity contribution in [3.05, 3.63) is 240 Å². The van der Waals surface area contributed by atoms with Gasteiger partial charge in [0.15, 0.2) is 0 Å². The average molecular weight is 870 g/mol. The molecule has 10 aromatic rings. The number of benzene rings is 8. The molecule has 8 aromatic carbocycles. The van der Waals surface area contributed by atoms with Gasteiger partial charge in [0.1, 0.15) is 23.5 Å². The van der Waals surface area contributed by atoms with Gasteiger partial charge in [0.05, 0.1) is 51.5 Å². The number of hydrogen-bond donors (Lipinski definition) is 0. The number of furan rings is 1. The summed E-state index contributed by atoms with van der Waals surface area (Å²) in [5.74, 6) is 0.978. The highest BCUT2D eigenvalue weighted by Crippen LogP contribution is 2.56. The van der Waals surface area contributed by atoms with Crippen molar-refractivity contribution in [2.45, 2.75) is 23.9 Å². The van der Waals surface area contributed by atoms with Crippen molar-refractivity contribution >= 4 is 61.6 Å². The number of rotatable bonds is 5.